The van der Waals surface area contributed by atoms with Gasteiger partial charge in [-0.3, -0.25) is 4.79 Å². The number of carbonyl (C=O) groups is 1. The van der Waals surface area contributed by atoms with Crippen LogP contribution in [-0.4, -0.2) is 19.0 Å². The van der Waals surface area contributed by atoms with Crippen molar-refractivity contribution in [2.45, 2.75) is 33.2 Å². The molecular formula is C16H22FN3O. The summed E-state index contributed by atoms with van der Waals surface area (Å²) < 4.78 is 13.0. The Hall–Kier alpha value is -1.93. The smallest absolute Gasteiger partial charge is 0.234 e. The molecule has 1 aromatic rings. The van der Waals surface area contributed by atoms with Gasteiger partial charge in [0.15, 0.2) is 0 Å². The van der Waals surface area contributed by atoms with Gasteiger partial charge in [0.1, 0.15) is 5.82 Å². The maximum atomic E-state index is 13.0. The van der Waals surface area contributed by atoms with Crippen LogP contribution in [0, 0.1) is 22.6 Å². The van der Waals surface area contributed by atoms with Crippen LogP contribution in [0.15, 0.2) is 24.3 Å². The summed E-state index contributed by atoms with van der Waals surface area (Å²) in [5, 5.41) is 14.3. The summed E-state index contributed by atoms with van der Waals surface area (Å²) in [4.78, 5) is 11.7. The van der Waals surface area contributed by atoms with E-state index in [-0.39, 0.29) is 29.7 Å². The van der Waals surface area contributed by atoms with Crippen molar-refractivity contribution in [3.05, 3.63) is 35.6 Å². The van der Waals surface area contributed by atoms with E-state index in [2.05, 4.69) is 31.4 Å². The van der Waals surface area contributed by atoms with E-state index in [0.717, 1.165) is 5.56 Å². The van der Waals surface area contributed by atoms with Crippen molar-refractivity contribution >= 4 is 5.91 Å². The lowest BCUT2D eigenvalue weighted by atomic mass is 9.82. The molecule has 1 aromatic carbocycles. The van der Waals surface area contributed by atoms with Crippen molar-refractivity contribution in [1.82, 2.24) is 10.6 Å². The van der Waals surface area contributed by atoms with Gasteiger partial charge < -0.3 is 10.6 Å². The minimum atomic E-state index is -0.277. The number of rotatable bonds is 6. The van der Waals surface area contributed by atoms with Crippen molar-refractivity contribution in [2.24, 2.45) is 5.41 Å². The SMILES string of the molecule is CC(C)(C)[C@H](NCC(=O)NCCC#N)c1ccc(F)cc1. The van der Waals surface area contributed by atoms with Gasteiger partial charge in [-0.15, -0.1) is 0 Å². The maximum absolute atomic E-state index is 13.0. The third-order valence-electron chi connectivity index (χ3n) is 3.10. The molecule has 1 amide bonds. The zero-order chi connectivity index (χ0) is 15.9. The van der Waals surface area contributed by atoms with Crippen LogP contribution in [0.25, 0.3) is 0 Å². The van der Waals surface area contributed by atoms with Crippen LogP contribution in [0.3, 0.4) is 0 Å². The molecule has 0 fully saturated rings. The number of carbonyl (C=O) groups excluding carboxylic acids is 1. The van der Waals surface area contributed by atoms with E-state index in [0.29, 0.717) is 13.0 Å². The van der Waals surface area contributed by atoms with Crippen molar-refractivity contribution in [3.8, 4) is 6.07 Å². The van der Waals surface area contributed by atoms with Crippen molar-refractivity contribution in [2.75, 3.05) is 13.1 Å². The number of hydrogen-bond acceptors (Lipinski definition) is 3. The van der Waals surface area contributed by atoms with Gasteiger partial charge in [0.05, 0.1) is 19.0 Å². The molecule has 0 radical (unpaired) electrons. The largest absolute Gasteiger partial charge is 0.354 e. The van der Waals surface area contributed by atoms with Gasteiger partial charge in [-0.25, -0.2) is 4.39 Å². The van der Waals surface area contributed by atoms with Gasteiger partial charge >= 0.3 is 0 Å². The quantitative estimate of drug-likeness (QED) is 0.792. The third-order valence-corrected chi connectivity index (χ3v) is 3.10. The van der Waals surface area contributed by atoms with Gasteiger partial charge in [-0.1, -0.05) is 32.9 Å². The van der Waals surface area contributed by atoms with Crippen LogP contribution in [-0.2, 0) is 4.79 Å². The monoisotopic (exact) mass is 291 g/mol. The van der Waals surface area contributed by atoms with E-state index in [1.807, 2.05) is 6.07 Å². The van der Waals surface area contributed by atoms with Gasteiger partial charge in [-0.05, 0) is 23.1 Å². The van der Waals surface area contributed by atoms with Crippen molar-refractivity contribution in [3.63, 3.8) is 0 Å². The number of halogens is 1. The third kappa shape index (κ3) is 5.92. The first-order chi connectivity index (χ1) is 9.84. The number of amides is 1. The first-order valence-corrected chi connectivity index (χ1v) is 6.97. The maximum Gasteiger partial charge on any atom is 0.234 e. The summed E-state index contributed by atoms with van der Waals surface area (Å²) in [6.45, 7) is 6.68. The summed E-state index contributed by atoms with van der Waals surface area (Å²) in [5.41, 5.74) is 0.818. The van der Waals surface area contributed by atoms with Gasteiger partial charge in [0.25, 0.3) is 0 Å². The number of benzene rings is 1. The van der Waals surface area contributed by atoms with E-state index in [4.69, 9.17) is 5.26 Å². The number of nitriles is 1. The molecule has 0 bridgehead atoms. The molecule has 0 aliphatic rings. The highest BCUT2D eigenvalue weighted by Crippen LogP contribution is 2.32. The summed E-state index contributed by atoms with van der Waals surface area (Å²) in [5.74, 6) is -0.428. The second-order valence-electron chi connectivity index (χ2n) is 5.99. The van der Waals surface area contributed by atoms with E-state index >= 15 is 0 Å². The zero-order valence-electron chi connectivity index (χ0n) is 12.7. The molecule has 0 saturated carbocycles. The standard InChI is InChI=1S/C16H22FN3O/c1-16(2,3)15(12-5-7-13(17)8-6-12)20-11-14(21)19-10-4-9-18/h5-8,15,20H,4,10-11H2,1-3H3,(H,19,21)/t15-/m1/s1. The van der Waals surface area contributed by atoms with E-state index in [1.165, 1.54) is 12.1 Å². The molecule has 1 atom stereocenters. The predicted octanol–water partition coefficient (Wildman–Crippen LogP) is 2.53. The normalized spacial score (nSPS) is 12.5. The molecule has 0 heterocycles. The minimum Gasteiger partial charge on any atom is -0.354 e. The van der Waals surface area contributed by atoms with E-state index in [1.54, 1.807) is 12.1 Å². The van der Waals surface area contributed by atoms with E-state index in [9.17, 15) is 9.18 Å². The molecule has 21 heavy (non-hydrogen) atoms. The second-order valence-corrected chi connectivity index (χ2v) is 5.99. The fourth-order valence-electron chi connectivity index (χ4n) is 2.09. The molecule has 4 nitrogen and oxygen atoms in total. The summed E-state index contributed by atoms with van der Waals surface area (Å²) in [6.07, 6.45) is 0.298. The van der Waals surface area contributed by atoms with Crippen molar-refractivity contribution in [1.29, 1.82) is 5.26 Å². The molecule has 1 rings (SSSR count). The van der Waals surface area contributed by atoms with E-state index < -0.39 is 0 Å². The lowest BCUT2D eigenvalue weighted by Gasteiger charge is -2.32. The molecular weight excluding hydrogens is 269 g/mol. The van der Waals surface area contributed by atoms with Gasteiger partial charge in [0.2, 0.25) is 5.91 Å². The van der Waals surface area contributed by atoms with Crippen molar-refractivity contribution < 1.29 is 9.18 Å². The molecule has 5 heteroatoms. The summed E-state index contributed by atoms with van der Waals surface area (Å²) in [6, 6.07) is 8.20. The number of nitrogens with zero attached hydrogens (tertiary/aromatic N) is 1. The Labute approximate surface area is 125 Å². The summed E-state index contributed by atoms with van der Waals surface area (Å²) in [7, 11) is 0. The Morgan fingerprint density at radius 1 is 1.33 bits per heavy atom. The molecule has 114 valence electrons. The fourth-order valence-corrected chi connectivity index (χ4v) is 2.09. The predicted molar refractivity (Wildman–Crippen MR) is 79.8 cm³/mol. The van der Waals surface area contributed by atoms with Crippen LogP contribution >= 0.6 is 0 Å². The first kappa shape index (κ1) is 17.1. The number of nitrogens with one attached hydrogen (secondary N) is 2. The second kappa shape index (κ2) is 7.75. The fraction of sp³-hybridized carbons (Fsp3) is 0.500. The molecule has 0 aromatic heterocycles. The van der Waals surface area contributed by atoms with Crippen LogP contribution < -0.4 is 10.6 Å². The van der Waals surface area contributed by atoms with Gasteiger partial charge in [0, 0.05) is 12.6 Å². The lowest BCUT2D eigenvalue weighted by Crippen LogP contribution is -2.40. The molecule has 0 aliphatic carbocycles. The van der Waals surface area contributed by atoms with Crippen LogP contribution in [0.5, 0.6) is 0 Å². The zero-order valence-corrected chi connectivity index (χ0v) is 12.7. The first-order valence-electron chi connectivity index (χ1n) is 6.97. The topological polar surface area (TPSA) is 64.9 Å². The minimum absolute atomic E-state index is 0.0696. The molecule has 0 saturated heterocycles. The molecule has 0 spiro atoms. The Kier molecular flexibility index (Phi) is 6.32. The van der Waals surface area contributed by atoms with Crippen LogP contribution in [0.1, 0.15) is 38.8 Å². The number of hydrogen-bond donors (Lipinski definition) is 2. The Morgan fingerprint density at radius 3 is 2.48 bits per heavy atom. The highest BCUT2D eigenvalue weighted by atomic mass is 19.1. The average Bonchev–Trinajstić information content (AvgIpc) is 2.40. The summed E-state index contributed by atoms with van der Waals surface area (Å²) >= 11 is 0. The molecule has 0 aliphatic heterocycles. The van der Waals surface area contributed by atoms with Gasteiger partial charge in [-0.2, -0.15) is 5.26 Å². The Morgan fingerprint density at radius 2 is 1.95 bits per heavy atom. The Bertz CT molecular complexity index is 500. The van der Waals surface area contributed by atoms with Crippen LogP contribution in [0.2, 0.25) is 0 Å². The molecule has 2 N–H and O–H groups in total. The highest BCUT2D eigenvalue weighted by Gasteiger charge is 2.26. The average molecular weight is 291 g/mol. The van der Waals surface area contributed by atoms with Crippen LogP contribution in [0.4, 0.5) is 4.39 Å². The lowest BCUT2D eigenvalue weighted by molar-refractivity contribution is -0.120. The molecule has 0 unspecified atom stereocenters. The highest BCUT2D eigenvalue weighted by molar-refractivity contribution is 5.78. The Balaban J connectivity index is 2.66.